The third-order valence-electron chi connectivity index (χ3n) is 3.67. The monoisotopic (exact) mass is 323 g/mol. The summed E-state index contributed by atoms with van der Waals surface area (Å²) in [5.41, 5.74) is 9.53. The molecule has 0 saturated carbocycles. The van der Waals surface area contributed by atoms with Crippen molar-refractivity contribution in [3.05, 3.63) is 63.1 Å². The summed E-state index contributed by atoms with van der Waals surface area (Å²) in [6.45, 7) is 2.66. The first-order valence-electron chi connectivity index (χ1n) is 6.83. The highest BCUT2D eigenvalue weighted by atomic mass is 35.5. The molecule has 112 valence electrons. The zero-order valence-electron chi connectivity index (χ0n) is 12.2. The van der Waals surface area contributed by atoms with E-state index in [1.54, 1.807) is 7.11 Å². The second-order valence-electron chi connectivity index (χ2n) is 5.11. The van der Waals surface area contributed by atoms with E-state index in [-0.39, 0.29) is 5.92 Å². The van der Waals surface area contributed by atoms with E-state index in [0.29, 0.717) is 16.6 Å². The number of aryl methyl sites for hydroxylation is 1. The van der Waals surface area contributed by atoms with E-state index in [2.05, 4.69) is 13.0 Å². The predicted octanol–water partition coefficient (Wildman–Crippen LogP) is 4.60. The van der Waals surface area contributed by atoms with Crippen LogP contribution in [0, 0.1) is 6.92 Å². The topological polar surface area (TPSA) is 35.2 Å². The Kier molecular flexibility index (Phi) is 5.51. The molecule has 0 bridgehead atoms. The van der Waals surface area contributed by atoms with Gasteiger partial charge in [0.1, 0.15) is 5.75 Å². The quantitative estimate of drug-likeness (QED) is 0.873. The van der Waals surface area contributed by atoms with Gasteiger partial charge in [0.05, 0.1) is 17.2 Å². The molecule has 0 amide bonds. The molecule has 0 heterocycles. The van der Waals surface area contributed by atoms with Gasteiger partial charge in [0.15, 0.2) is 0 Å². The number of rotatable bonds is 5. The highest BCUT2D eigenvalue weighted by Crippen LogP contribution is 2.29. The third-order valence-corrected chi connectivity index (χ3v) is 4.41. The van der Waals surface area contributed by atoms with Crippen molar-refractivity contribution in [3.63, 3.8) is 0 Å². The SMILES string of the molecule is COc1ccc(C(CN)Cc2ccc(Cl)c(Cl)c2)c(C)c1. The molecule has 0 fully saturated rings. The van der Waals surface area contributed by atoms with Gasteiger partial charge in [-0.2, -0.15) is 0 Å². The molecule has 21 heavy (non-hydrogen) atoms. The summed E-state index contributed by atoms with van der Waals surface area (Å²) < 4.78 is 5.25. The minimum absolute atomic E-state index is 0.244. The van der Waals surface area contributed by atoms with Gasteiger partial charge in [-0.15, -0.1) is 0 Å². The Morgan fingerprint density at radius 1 is 1.10 bits per heavy atom. The van der Waals surface area contributed by atoms with E-state index in [9.17, 15) is 0 Å². The maximum atomic E-state index is 6.08. The second-order valence-corrected chi connectivity index (χ2v) is 5.92. The number of hydrogen-bond acceptors (Lipinski definition) is 2. The van der Waals surface area contributed by atoms with Gasteiger partial charge in [-0.3, -0.25) is 0 Å². The molecule has 2 nitrogen and oxygen atoms in total. The van der Waals surface area contributed by atoms with E-state index in [1.165, 1.54) is 11.1 Å². The first-order chi connectivity index (χ1) is 10.0. The maximum absolute atomic E-state index is 6.08. The smallest absolute Gasteiger partial charge is 0.119 e. The van der Waals surface area contributed by atoms with E-state index in [4.69, 9.17) is 33.7 Å². The van der Waals surface area contributed by atoms with Gasteiger partial charge in [-0.05, 0) is 60.8 Å². The lowest BCUT2D eigenvalue weighted by Crippen LogP contribution is -2.16. The Balaban J connectivity index is 2.25. The Morgan fingerprint density at radius 3 is 2.43 bits per heavy atom. The largest absolute Gasteiger partial charge is 0.497 e. The number of ether oxygens (including phenoxy) is 1. The van der Waals surface area contributed by atoms with E-state index in [1.807, 2.05) is 30.3 Å². The standard InChI is InChI=1S/C17H19Cl2NO/c1-11-7-14(21-2)4-5-15(11)13(10-20)8-12-3-6-16(18)17(19)9-12/h3-7,9,13H,8,10,20H2,1-2H3. The molecular weight excluding hydrogens is 305 g/mol. The average Bonchev–Trinajstić information content (AvgIpc) is 2.48. The molecule has 1 atom stereocenters. The Morgan fingerprint density at radius 2 is 1.86 bits per heavy atom. The first kappa shape index (κ1) is 16.2. The van der Waals surface area contributed by atoms with Crippen LogP contribution in [0.15, 0.2) is 36.4 Å². The fourth-order valence-corrected chi connectivity index (χ4v) is 2.83. The summed E-state index contributed by atoms with van der Waals surface area (Å²) in [6.07, 6.45) is 0.834. The van der Waals surface area contributed by atoms with E-state index in [0.717, 1.165) is 17.7 Å². The van der Waals surface area contributed by atoms with Crippen LogP contribution in [0.2, 0.25) is 10.0 Å². The van der Waals surface area contributed by atoms with Crippen molar-refractivity contribution in [2.24, 2.45) is 5.73 Å². The van der Waals surface area contributed by atoms with Gasteiger partial charge < -0.3 is 10.5 Å². The van der Waals surface area contributed by atoms with E-state index < -0.39 is 0 Å². The van der Waals surface area contributed by atoms with Crippen LogP contribution in [-0.4, -0.2) is 13.7 Å². The molecule has 2 aromatic carbocycles. The van der Waals surface area contributed by atoms with Crippen molar-refractivity contribution in [2.45, 2.75) is 19.3 Å². The molecule has 0 aliphatic rings. The van der Waals surface area contributed by atoms with Crippen LogP contribution in [0.3, 0.4) is 0 Å². The van der Waals surface area contributed by atoms with Crippen molar-refractivity contribution < 1.29 is 4.74 Å². The molecule has 2 N–H and O–H groups in total. The maximum Gasteiger partial charge on any atom is 0.119 e. The van der Waals surface area contributed by atoms with Crippen LogP contribution in [0.5, 0.6) is 5.75 Å². The highest BCUT2D eigenvalue weighted by molar-refractivity contribution is 6.42. The molecule has 0 aliphatic carbocycles. The number of hydrogen-bond donors (Lipinski definition) is 1. The van der Waals surface area contributed by atoms with Crippen LogP contribution in [0.1, 0.15) is 22.6 Å². The summed E-state index contributed by atoms with van der Waals surface area (Å²) in [6, 6.07) is 11.8. The van der Waals surface area contributed by atoms with Gasteiger partial charge in [-0.1, -0.05) is 35.3 Å². The molecule has 0 aromatic heterocycles. The minimum atomic E-state index is 0.244. The van der Waals surface area contributed by atoms with Crippen molar-refractivity contribution in [1.29, 1.82) is 0 Å². The number of benzene rings is 2. The van der Waals surface area contributed by atoms with Crippen LogP contribution >= 0.6 is 23.2 Å². The lowest BCUT2D eigenvalue weighted by atomic mass is 9.89. The number of halogens is 2. The zero-order valence-corrected chi connectivity index (χ0v) is 13.7. The molecule has 4 heteroatoms. The molecule has 0 saturated heterocycles. The summed E-state index contributed by atoms with van der Waals surface area (Å²) in [4.78, 5) is 0. The zero-order chi connectivity index (χ0) is 15.4. The average molecular weight is 324 g/mol. The number of methoxy groups -OCH3 is 1. The van der Waals surface area contributed by atoms with Gasteiger partial charge in [0.2, 0.25) is 0 Å². The fraction of sp³-hybridized carbons (Fsp3) is 0.294. The first-order valence-corrected chi connectivity index (χ1v) is 7.59. The lowest BCUT2D eigenvalue weighted by Gasteiger charge is -2.18. The Hall–Kier alpha value is -1.22. The molecule has 0 aliphatic heterocycles. The van der Waals surface area contributed by atoms with Crippen LogP contribution < -0.4 is 10.5 Å². The van der Waals surface area contributed by atoms with Gasteiger partial charge in [-0.25, -0.2) is 0 Å². The summed E-state index contributed by atoms with van der Waals surface area (Å²) in [5.74, 6) is 1.11. The van der Waals surface area contributed by atoms with Crippen LogP contribution in [-0.2, 0) is 6.42 Å². The molecule has 0 radical (unpaired) electrons. The van der Waals surface area contributed by atoms with Gasteiger partial charge >= 0.3 is 0 Å². The van der Waals surface area contributed by atoms with Crippen molar-refractivity contribution in [3.8, 4) is 5.75 Å². The van der Waals surface area contributed by atoms with Crippen LogP contribution in [0.25, 0.3) is 0 Å². The normalized spacial score (nSPS) is 12.2. The molecule has 1 unspecified atom stereocenters. The lowest BCUT2D eigenvalue weighted by molar-refractivity contribution is 0.414. The molecular formula is C17H19Cl2NO. The third kappa shape index (κ3) is 3.91. The van der Waals surface area contributed by atoms with Crippen molar-refractivity contribution >= 4 is 23.2 Å². The summed E-state index contributed by atoms with van der Waals surface area (Å²) in [5, 5.41) is 1.15. The minimum Gasteiger partial charge on any atom is -0.497 e. The predicted molar refractivity (Wildman–Crippen MR) is 89.7 cm³/mol. The van der Waals surface area contributed by atoms with Crippen molar-refractivity contribution in [2.75, 3.05) is 13.7 Å². The summed E-state index contributed by atoms with van der Waals surface area (Å²) >= 11 is 12.0. The van der Waals surface area contributed by atoms with Crippen molar-refractivity contribution in [1.82, 2.24) is 0 Å². The Labute approximate surface area is 135 Å². The fourth-order valence-electron chi connectivity index (χ4n) is 2.50. The molecule has 2 aromatic rings. The molecule has 2 rings (SSSR count). The Bertz CT molecular complexity index is 628. The number of nitrogens with two attached hydrogens (primary N) is 1. The summed E-state index contributed by atoms with van der Waals surface area (Å²) in [7, 11) is 1.67. The highest BCUT2D eigenvalue weighted by Gasteiger charge is 2.14. The second kappa shape index (κ2) is 7.17. The van der Waals surface area contributed by atoms with Gasteiger partial charge in [0, 0.05) is 5.92 Å². The molecule has 0 spiro atoms. The van der Waals surface area contributed by atoms with Gasteiger partial charge in [0.25, 0.3) is 0 Å². The van der Waals surface area contributed by atoms with E-state index >= 15 is 0 Å². The van der Waals surface area contributed by atoms with Crippen LogP contribution in [0.4, 0.5) is 0 Å².